The third-order valence-corrected chi connectivity index (χ3v) is 1.46. The number of hydrogen-bond acceptors (Lipinski definition) is 3. The van der Waals surface area contributed by atoms with Crippen molar-refractivity contribution in [2.45, 2.75) is 13.8 Å². The van der Waals surface area contributed by atoms with Crippen molar-refractivity contribution in [1.82, 2.24) is 10.2 Å². The van der Waals surface area contributed by atoms with Gasteiger partial charge in [-0.2, -0.15) is 0 Å². The molecule has 0 saturated heterocycles. The van der Waals surface area contributed by atoms with Gasteiger partial charge in [0.15, 0.2) is 0 Å². The van der Waals surface area contributed by atoms with Crippen LogP contribution in [0.1, 0.15) is 13.8 Å². The molecule has 74 valence electrons. The van der Waals surface area contributed by atoms with Gasteiger partial charge in [-0.3, -0.25) is 4.79 Å². The van der Waals surface area contributed by atoms with E-state index < -0.39 is 0 Å². The van der Waals surface area contributed by atoms with Gasteiger partial charge >= 0.3 is 0 Å². The zero-order valence-electron chi connectivity index (χ0n) is 8.21. The molecule has 0 amide bonds. The maximum Gasteiger partial charge on any atom is 0.290 e. The summed E-state index contributed by atoms with van der Waals surface area (Å²) in [7, 11) is 2.14. The largest absolute Gasteiger partial charge is 0.483 e. The predicted octanol–water partition coefficient (Wildman–Crippen LogP) is 0.248. The fourth-order valence-corrected chi connectivity index (χ4v) is 0.605. The second-order valence-electron chi connectivity index (χ2n) is 2.35. The number of nitrogens with one attached hydrogen (secondary N) is 1. The third kappa shape index (κ3) is 16.2. The van der Waals surface area contributed by atoms with Crippen LogP contribution >= 0.6 is 0 Å². The first-order valence-corrected chi connectivity index (χ1v) is 4.19. The van der Waals surface area contributed by atoms with Crippen LogP contribution in [0.15, 0.2) is 0 Å². The minimum absolute atomic E-state index is 0.250. The van der Waals surface area contributed by atoms with Gasteiger partial charge in [0.1, 0.15) is 0 Å². The Balaban J connectivity index is 0. The molecule has 0 aliphatic carbocycles. The Kier molecular flexibility index (Phi) is 15.1. The summed E-state index contributed by atoms with van der Waals surface area (Å²) < 4.78 is 0. The molecule has 0 aliphatic heterocycles. The van der Waals surface area contributed by atoms with E-state index in [0.717, 1.165) is 26.2 Å². The Morgan fingerprint density at radius 3 is 2.33 bits per heavy atom. The number of hydrogen-bond donors (Lipinski definition) is 2. The molecule has 0 aromatic rings. The third-order valence-electron chi connectivity index (χ3n) is 1.46. The summed E-state index contributed by atoms with van der Waals surface area (Å²) in [5.74, 6) is 0. The molecular formula is C8H20N2O2. The van der Waals surface area contributed by atoms with E-state index >= 15 is 0 Å². The van der Waals surface area contributed by atoms with Gasteiger partial charge in [0, 0.05) is 13.1 Å². The van der Waals surface area contributed by atoms with Crippen molar-refractivity contribution >= 4 is 6.47 Å². The molecule has 0 atom stereocenters. The molecule has 0 spiro atoms. The Morgan fingerprint density at radius 2 is 2.00 bits per heavy atom. The van der Waals surface area contributed by atoms with Crippen LogP contribution in [0.4, 0.5) is 0 Å². The lowest BCUT2D eigenvalue weighted by Gasteiger charge is -2.12. The summed E-state index contributed by atoms with van der Waals surface area (Å²) in [6, 6.07) is 0. The quantitative estimate of drug-likeness (QED) is 0.465. The van der Waals surface area contributed by atoms with Crippen molar-refractivity contribution < 1.29 is 9.90 Å². The van der Waals surface area contributed by atoms with E-state index in [4.69, 9.17) is 9.90 Å². The molecule has 0 unspecified atom stereocenters. The lowest BCUT2D eigenvalue weighted by atomic mass is 10.5. The normalized spacial score (nSPS) is 9.00. The van der Waals surface area contributed by atoms with E-state index in [9.17, 15) is 0 Å². The number of carbonyl (C=O) groups is 1. The van der Waals surface area contributed by atoms with E-state index in [-0.39, 0.29) is 6.47 Å². The Morgan fingerprint density at radius 1 is 1.50 bits per heavy atom. The van der Waals surface area contributed by atoms with Gasteiger partial charge in [-0.25, -0.2) is 0 Å². The van der Waals surface area contributed by atoms with Gasteiger partial charge in [-0.15, -0.1) is 0 Å². The van der Waals surface area contributed by atoms with Gasteiger partial charge < -0.3 is 15.3 Å². The molecule has 0 fully saturated rings. The molecule has 4 heteroatoms. The van der Waals surface area contributed by atoms with Crippen LogP contribution in [0, 0.1) is 0 Å². The second kappa shape index (κ2) is 13.0. The summed E-state index contributed by atoms with van der Waals surface area (Å²) in [5, 5.41) is 10.2. The second-order valence-corrected chi connectivity index (χ2v) is 2.35. The highest BCUT2D eigenvalue weighted by Crippen LogP contribution is 1.76. The number of carboxylic acid groups (broad SMARTS) is 1. The van der Waals surface area contributed by atoms with Gasteiger partial charge in [-0.1, -0.05) is 13.8 Å². The maximum atomic E-state index is 8.36. The van der Waals surface area contributed by atoms with E-state index in [2.05, 4.69) is 31.1 Å². The van der Waals surface area contributed by atoms with Gasteiger partial charge in [0.25, 0.3) is 6.47 Å². The maximum absolute atomic E-state index is 8.36. The van der Waals surface area contributed by atoms with Crippen LogP contribution in [0.5, 0.6) is 0 Å². The zero-order valence-corrected chi connectivity index (χ0v) is 8.21. The van der Waals surface area contributed by atoms with Crippen molar-refractivity contribution in [3.8, 4) is 0 Å². The number of likely N-dealkylation sites (N-methyl/N-ethyl adjacent to an activating group) is 2. The summed E-state index contributed by atoms with van der Waals surface area (Å²) in [6.45, 7) is 8.55. The summed E-state index contributed by atoms with van der Waals surface area (Å²) in [5.41, 5.74) is 0. The number of nitrogens with zero attached hydrogens (tertiary/aromatic N) is 1. The zero-order chi connectivity index (χ0) is 9.82. The van der Waals surface area contributed by atoms with E-state index in [1.54, 1.807) is 0 Å². The van der Waals surface area contributed by atoms with Crippen molar-refractivity contribution in [2.75, 3.05) is 33.2 Å². The SMILES string of the molecule is CCNCCN(C)CC.O=CO. The van der Waals surface area contributed by atoms with E-state index in [1.165, 1.54) is 0 Å². The van der Waals surface area contributed by atoms with Gasteiger partial charge in [0.2, 0.25) is 0 Å². The summed E-state index contributed by atoms with van der Waals surface area (Å²) in [6.07, 6.45) is 0. The first-order chi connectivity index (χ1) is 5.72. The minimum Gasteiger partial charge on any atom is -0.483 e. The molecule has 0 radical (unpaired) electrons. The van der Waals surface area contributed by atoms with Crippen molar-refractivity contribution in [1.29, 1.82) is 0 Å². The molecule has 0 heterocycles. The van der Waals surface area contributed by atoms with Crippen molar-refractivity contribution in [3.63, 3.8) is 0 Å². The van der Waals surface area contributed by atoms with Crippen molar-refractivity contribution in [3.05, 3.63) is 0 Å². The molecule has 12 heavy (non-hydrogen) atoms. The molecule has 0 aromatic carbocycles. The highest BCUT2D eigenvalue weighted by molar-refractivity contribution is 5.32. The lowest BCUT2D eigenvalue weighted by Crippen LogP contribution is -2.28. The first kappa shape index (κ1) is 13.9. The molecular weight excluding hydrogens is 156 g/mol. The molecule has 0 saturated carbocycles. The highest BCUT2D eigenvalue weighted by atomic mass is 16.3. The smallest absolute Gasteiger partial charge is 0.290 e. The highest BCUT2D eigenvalue weighted by Gasteiger charge is 1.90. The van der Waals surface area contributed by atoms with Gasteiger partial charge in [-0.05, 0) is 20.1 Å². The summed E-state index contributed by atoms with van der Waals surface area (Å²) >= 11 is 0. The standard InChI is InChI=1S/C7H18N2.CH2O2/c1-4-8-6-7-9(3)5-2;2-1-3/h8H,4-7H2,1-3H3;1H,(H,2,3). The first-order valence-electron chi connectivity index (χ1n) is 4.19. The average molecular weight is 176 g/mol. The fraction of sp³-hybridized carbons (Fsp3) is 0.875. The molecule has 2 N–H and O–H groups in total. The van der Waals surface area contributed by atoms with Crippen LogP contribution in [0.3, 0.4) is 0 Å². The molecule has 0 rings (SSSR count). The Labute approximate surface area is 74.6 Å². The van der Waals surface area contributed by atoms with Gasteiger partial charge in [0.05, 0.1) is 0 Å². The Bertz CT molecular complexity index is 89.1. The lowest BCUT2D eigenvalue weighted by molar-refractivity contribution is -0.122. The van der Waals surface area contributed by atoms with Crippen LogP contribution in [0.2, 0.25) is 0 Å². The molecule has 4 nitrogen and oxygen atoms in total. The van der Waals surface area contributed by atoms with Crippen LogP contribution < -0.4 is 5.32 Å². The van der Waals surface area contributed by atoms with Crippen LogP contribution in [0.25, 0.3) is 0 Å². The Hall–Kier alpha value is -0.610. The average Bonchev–Trinajstić information content (AvgIpc) is 2.06. The fourth-order valence-electron chi connectivity index (χ4n) is 0.605. The predicted molar refractivity (Wildman–Crippen MR) is 50.4 cm³/mol. The van der Waals surface area contributed by atoms with Crippen LogP contribution in [-0.4, -0.2) is 49.7 Å². The van der Waals surface area contributed by atoms with Crippen molar-refractivity contribution in [2.24, 2.45) is 0 Å². The molecule has 0 aliphatic rings. The van der Waals surface area contributed by atoms with E-state index in [1.807, 2.05) is 0 Å². The van der Waals surface area contributed by atoms with Crippen LogP contribution in [-0.2, 0) is 4.79 Å². The summed E-state index contributed by atoms with van der Waals surface area (Å²) in [4.78, 5) is 10.7. The number of rotatable bonds is 5. The molecule has 0 bridgehead atoms. The van der Waals surface area contributed by atoms with E-state index in [0.29, 0.717) is 0 Å². The topological polar surface area (TPSA) is 52.6 Å². The molecule has 0 aromatic heterocycles. The minimum atomic E-state index is -0.250. The monoisotopic (exact) mass is 176 g/mol.